The quantitative estimate of drug-likeness (QED) is 0.760. The Morgan fingerprint density at radius 1 is 1.12 bits per heavy atom. The van der Waals surface area contributed by atoms with Gasteiger partial charge in [-0.3, -0.25) is 4.79 Å². The SMILES string of the molecule is CC1(C(=O)NC2(C(N)=S)CCCC2)CCCC1. The van der Waals surface area contributed by atoms with Gasteiger partial charge in [0, 0.05) is 5.41 Å². The number of rotatable bonds is 3. The number of nitrogens with two attached hydrogens (primary N) is 1. The van der Waals surface area contributed by atoms with E-state index in [1.54, 1.807) is 0 Å². The van der Waals surface area contributed by atoms with Crippen LogP contribution in [0.25, 0.3) is 0 Å². The minimum Gasteiger partial charge on any atom is -0.391 e. The van der Waals surface area contributed by atoms with E-state index < -0.39 is 5.54 Å². The number of amides is 1. The van der Waals surface area contributed by atoms with E-state index in [0.717, 1.165) is 51.4 Å². The molecule has 0 heterocycles. The van der Waals surface area contributed by atoms with Crippen LogP contribution in [-0.4, -0.2) is 16.4 Å². The lowest BCUT2D eigenvalue weighted by Crippen LogP contribution is -2.57. The van der Waals surface area contributed by atoms with Crippen LogP contribution in [-0.2, 0) is 4.79 Å². The summed E-state index contributed by atoms with van der Waals surface area (Å²) in [5, 5.41) is 3.17. The molecule has 0 spiro atoms. The average Bonchev–Trinajstić information content (AvgIpc) is 2.88. The largest absolute Gasteiger partial charge is 0.391 e. The van der Waals surface area contributed by atoms with E-state index in [4.69, 9.17) is 18.0 Å². The average molecular weight is 254 g/mol. The van der Waals surface area contributed by atoms with Crippen molar-refractivity contribution in [3.63, 3.8) is 0 Å². The molecule has 0 bridgehead atoms. The molecule has 2 saturated carbocycles. The van der Waals surface area contributed by atoms with Crippen molar-refractivity contribution < 1.29 is 4.79 Å². The van der Waals surface area contributed by atoms with Crippen molar-refractivity contribution in [3.8, 4) is 0 Å². The van der Waals surface area contributed by atoms with Crippen LogP contribution in [0.1, 0.15) is 58.3 Å². The molecule has 3 nitrogen and oxygen atoms in total. The molecule has 4 heteroatoms. The standard InChI is InChI=1S/C13H22N2OS/c1-12(6-2-3-7-12)11(16)15-13(10(14)17)8-4-5-9-13/h2-9H2,1H3,(H2,14,17)(H,15,16). The molecule has 0 aromatic carbocycles. The zero-order valence-corrected chi connectivity index (χ0v) is 11.4. The Morgan fingerprint density at radius 2 is 1.59 bits per heavy atom. The molecular formula is C13H22N2OS. The zero-order chi connectivity index (χ0) is 12.5. The fourth-order valence-corrected chi connectivity index (χ4v) is 3.42. The van der Waals surface area contributed by atoms with Crippen LogP contribution in [0.2, 0.25) is 0 Å². The van der Waals surface area contributed by atoms with E-state index >= 15 is 0 Å². The molecule has 2 fully saturated rings. The van der Waals surface area contributed by atoms with Crippen LogP contribution in [0.15, 0.2) is 0 Å². The number of hydrogen-bond donors (Lipinski definition) is 2. The summed E-state index contributed by atoms with van der Waals surface area (Å²) in [6.07, 6.45) is 8.32. The maximum Gasteiger partial charge on any atom is 0.226 e. The van der Waals surface area contributed by atoms with E-state index in [1.807, 2.05) is 0 Å². The molecule has 96 valence electrons. The third-order valence-electron chi connectivity index (χ3n) is 4.54. The van der Waals surface area contributed by atoms with Crippen LogP contribution in [0.3, 0.4) is 0 Å². The van der Waals surface area contributed by atoms with Crippen molar-refractivity contribution in [1.82, 2.24) is 5.32 Å². The highest BCUT2D eigenvalue weighted by Crippen LogP contribution is 2.39. The monoisotopic (exact) mass is 254 g/mol. The van der Waals surface area contributed by atoms with Crippen LogP contribution in [0, 0.1) is 5.41 Å². The minimum atomic E-state index is -0.391. The molecule has 0 radical (unpaired) electrons. The lowest BCUT2D eigenvalue weighted by atomic mass is 9.85. The fourth-order valence-electron chi connectivity index (χ4n) is 3.16. The predicted molar refractivity (Wildman–Crippen MR) is 72.7 cm³/mol. The molecule has 3 N–H and O–H groups in total. The van der Waals surface area contributed by atoms with Crippen LogP contribution < -0.4 is 11.1 Å². The first-order chi connectivity index (χ1) is 7.99. The maximum atomic E-state index is 12.4. The molecule has 0 atom stereocenters. The van der Waals surface area contributed by atoms with Gasteiger partial charge in [-0.2, -0.15) is 0 Å². The molecule has 0 unspecified atom stereocenters. The van der Waals surface area contributed by atoms with Crippen molar-refractivity contribution in [3.05, 3.63) is 0 Å². The van der Waals surface area contributed by atoms with Crippen LogP contribution >= 0.6 is 12.2 Å². The van der Waals surface area contributed by atoms with Gasteiger partial charge in [0.1, 0.15) is 0 Å². The topological polar surface area (TPSA) is 55.1 Å². The van der Waals surface area contributed by atoms with E-state index in [2.05, 4.69) is 12.2 Å². The molecule has 0 aliphatic heterocycles. The number of nitrogens with one attached hydrogen (secondary N) is 1. The lowest BCUT2D eigenvalue weighted by molar-refractivity contribution is -0.131. The van der Waals surface area contributed by atoms with Crippen molar-refractivity contribution in [1.29, 1.82) is 0 Å². The summed E-state index contributed by atoms with van der Waals surface area (Å²) in [4.78, 5) is 12.9. The van der Waals surface area contributed by atoms with Crippen molar-refractivity contribution >= 4 is 23.1 Å². The molecule has 0 aromatic heterocycles. The van der Waals surface area contributed by atoms with Gasteiger partial charge in [-0.15, -0.1) is 0 Å². The lowest BCUT2D eigenvalue weighted by Gasteiger charge is -2.33. The Balaban J connectivity index is 2.08. The molecule has 0 saturated heterocycles. The van der Waals surface area contributed by atoms with E-state index in [0.29, 0.717) is 4.99 Å². The number of hydrogen-bond acceptors (Lipinski definition) is 2. The maximum absolute atomic E-state index is 12.4. The number of carbonyl (C=O) groups excluding carboxylic acids is 1. The summed E-state index contributed by atoms with van der Waals surface area (Å²) in [6, 6.07) is 0. The molecule has 2 aliphatic rings. The van der Waals surface area contributed by atoms with Crippen molar-refractivity contribution in [2.24, 2.45) is 11.1 Å². The van der Waals surface area contributed by atoms with Gasteiger partial charge in [0.25, 0.3) is 0 Å². The summed E-state index contributed by atoms with van der Waals surface area (Å²) in [5.74, 6) is 0.157. The van der Waals surface area contributed by atoms with E-state index in [1.165, 1.54) is 0 Å². The second kappa shape index (κ2) is 4.56. The van der Waals surface area contributed by atoms with Gasteiger partial charge in [-0.05, 0) is 25.7 Å². The van der Waals surface area contributed by atoms with Gasteiger partial charge in [0.05, 0.1) is 10.5 Å². The Bertz CT molecular complexity index is 328. The molecule has 2 rings (SSSR count). The third kappa shape index (κ3) is 2.32. The highest BCUT2D eigenvalue weighted by Gasteiger charge is 2.43. The summed E-state index contributed by atoms with van der Waals surface area (Å²) < 4.78 is 0. The van der Waals surface area contributed by atoms with Crippen molar-refractivity contribution in [2.75, 3.05) is 0 Å². The first-order valence-corrected chi connectivity index (χ1v) is 7.02. The summed E-state index contributed by atoms with van der Waals surface area (Å²) in [5.41, 5.74) is 5.25. The number of carbonyl (C=O) groups is 1. The zero-order valence-electron chi connectivity index (χ0n) is 10.6. The molecule has 17 heavy (non-hydrogen) atoms. The van der Waals surface area contributed by atoms with Crippen molar-refractivity contribution in [2.45, 2.75) is 63.8 Å². The summed E-state index contributed by atoms with van der Waals surface area (Å²) in [6.45, 7) is 2.07. The van der Waals surface area contributed by atoms with Crippen LogP contribution in [0.5, 0.6) is 0 Å². The molecule has 0 aromatic rings. The van der Waals surface area contributed by atoms with E-state index in [-0.39, 0.29) is 11.3 Å². The first-order valence-electron chi connectivity index (χ1n) is 6.61. The molecule has 1 amide bonds. The smallest absolute Gasteiger partial charge is 0.226 e. The van der Waals surface area contributed by atoms with Gasteiger partial charge in [-0.25, -0.2) is 0 Å². The Kier molecular flexibility index (Phi) is 3.43. The van der Waals surface area contributed by atoms with Crippen LogP contribution in [0.4, 0.5) is 0 Å². The minimum absolute atomic E-state index is 0.157. The Morgan fingerprint density at radius 3 is 2.06 bits per heavy atom. The Hall–Kier alpha value is -0.640. The molecule has 2 aliphatic carbocycles. The van der Waals surface area contributed by atoms with E-state index in [9.17, 15) is 4.79 Å². The Labute approximate surface area is 109 Å². The highest BCUT2D eigenvalue weighted by molar-refractivity contribution is 7.80. The normalized spacial score (nSPS) is 25.7. The molecular weight excluding hydrogens is 232 g/mol. The highest BCUT2D eigenvalue weighted by atomic mass is 32.1. The summed E-state index contributed by atoms with van der Waals surface area (Å²) in [7, 11) is 0. The second-order valence-electron chi connectivity index (χ2n) is 5.88. The second-order valence-corrected chi connectivity index (χ2v) is 6.32. The van der Waals surface area contributed by atoms with Gasteiger partial charge in [0.2, 0.25) is 5.91 Å². The predicted octanol–water partition coefficient (Wildman–Crippen LogP) is 2.28. The van der Waals surface area contributed by atoms with Gasteiger partial charge in [-0.1, -0.05) is 44.8 Å². The fraction of sp³-hybridized carbons (Fsp3) is 0.846. The third-order valence-corrected chi connectivity index (χ3v) is 4.93. The van der Waals surface area contributed by atoms with Gasteiger partial charge < -0.3 is 11.1 Å². The number of thiocarbonyl (C=S) groups is 1. The van der Waals surface area contributed by atoms with Gasteiger partial charge in [0.15, 0.2) is 0 Å². The van der Waals surface area contributed by atoms with Gasteiger partial charge >= 0.3 is 0 Å². The first kappa shape index (κ1) is 12.8. The summed E-state index contributed by atoms with van der Waals surface area (Å²) >= 11 is 5.16.